The summed E-state index contributed by atoms with van der Waals surface area (Å²) in [4.78, 5) is 51.9. The standard InChI is InChI=1S/C32H38N4O7/c1-19(2)28(32(42)43)36-31(41)27(18-22-10-14-24(38)15-11-22)35-30(40)26(17-20-6-4-3-5-7-20)34-29(39)25(33)16-21-8-12-23(37)13-9-21/h3-15,19,25-28,37-38H,16-18,33H2,1-2H3,(H,34,39)(H,35,40)(H,36,41)(H,42,43). The van der Waals surface area contributed by atoms with Gasteiger partial charge in [0.25, 0.3) is 0 Å². The quantitative estimate of drug-likeness (QED) is 0.147. The molecule has 11 nitrogen and oxygen atoms in total. The largest absolute Gasteiger partial charge is 0.508 e. The number of carbonyl (C=O) groups excluding carboxylic acids is 3. The van der Waals surface area contributed by atoms with Crippen molar-refractivity contribution in [1.29, 1.82) is 0 Å². The van der Waals surface area contributed by atoms with Gasteiger partial charge in [-0.3, -0.25) is 14.4 Å². The van der Waals surface area contributed by atoms with E-state index in [2.05, 4.69) is 16.0 Å². The number of aromatic hydroxyl groups is 2. The Morgan fingerprint density at radius 1 is 0.628 bits per heavy atom. The van der Waals surface area contributed by atoms with Gasteiger partial charge < -0.3 is 37.0 Å². The number of aliphatic carboxylic acids is 1. The van der Waals surface area contributed by atoms with Gasteiger partial charge in [-0.2, -0.15) is 0 Å². The van der Waals surface area contributed by atoms with Gasteiger partial charge >= 0.3 is 5.97 Å². The van der Waals surface area contributed by atoms with Crippen molar-refractivity contribution in [3.8, 4) is 11.5 Å². The maximum Gasteiger partial charge on any atom is 0.326 e. The van der Waals surface area contributed by atoms with Gasteiger partial charge in [-0.1, -0.05) is 68.4 Å². The predicted molar refractivity (Wildman–Crippen MR) is 160 cm³/mol. The van der Waals surface area contributed by atoms with Crippen molar-refractivity contribution in [3.05, 3.63) is 95.6 Å². The molecule has 0 saturated heterocycles. The number of carboxylic acid groups (broad SMARTS) is 1. The Morgan fingerprint density at radius 2 is 1.05 bits per heavy atom. The maximum absolute atomic E-state index is 13.7. The first kappa shape index (κ1) is 32.6. The van der Waals surface area contributed by atoms with E-state index in [1.54, 1.807) is 62.4 Å². The number of rotatable bonds is 14. The number of phenols is 2. The number of nitrogens with two attached hydrogens (primary N) is 1. The minimum Gasteiger partial charge on any atom is -0.508 e. The Hall–Kier alpha value is -4.90. The summed E-state index contributed by atoms with van der Waals surface area (Å²) in [6.45, 7) is 3.30. The van der Waals surface area contributed by atoms with Crippen LogP contribution in [0, 0.1) is 5.92 Å². The van der Waals surface area contributed by atoms with Crippen LogP contribution < -0.4 is 21.7 Å². The zero-order valence-electron chi connectivity index (χ0n) is 24.1. The monoisotopic (exact) mass is 590 g/mol. The van der Waals surface area contributed by atoms with Crippen LogP contribution in [0.2, 0.25) is 0 Å². The number of carbonyl (C=O) groups is 4. The molecule has 0 aliphatic heterocycles. The first-order chi connectivity index (χ1) is 20.4. The summed E-state index contributed by atoms with van der Waals surface area (Å²) in [7, 11) is 0. The lowest BCUT2D eigenvalue weighted by atomic mass is 10.00. The van der Waals surface area contributed by atoms with Gasteiger partial charge in [0.1, 0.15) is 29.6 Å². The molecule has 3 aromatic carbocycles. The number of benzene rings is 3. The van der Waals surface area contributed by atoms with Crippen LogP contribution in [0.3, 0.4) is 0 Å². The summed E-state index contributed by atoms with van der Waals surface area (Å²) >= 11 is 0. The van der Waals surface area contributed by atoms with E-state index < -0.39 is 53.8 Å². The van der Waals surface area contributed by atoms with E-state index in [1.807, 2.05) is 6.07 Å². The summed E-state index contributed by atoms with van der Waals surface area (Å²) in [6, 6.07) is 16.8. The van der Waals surface area contributed by atoms with Gasteiger partial charge in [-0.05, 0) is 53.3 Å². The smallest absolute Gasteiger partial charge is 0.326 e. The molecule has 0 bridgehead atoms. The molecule has 3 rings (SSSR count). The summed E-state index contributed by atoms with van der Waals surface area (Å²) in [5.74, 6) is -3.50. The molecule has 11 heteroatoms. The van der Waals surface area contributed by atoms with Crippen LogP contribution in [0.5, 0.6) is 11.5 Å². The predicted octanol–water partition coefficient (Wildman–Crippen LogP) is 1.65. The third kappa shape index (κ3) is 10.2. The molecule has 0 radical (unpaired) electrons. The highest BCUT2D eigenvalue weighted by molar-refractivity contribution is 5.94. The topological polar surface area (TPSA) is 191 Å². The number of amides is 3. The molecule has 0 saturated carbocycles. The fourth-order valence-electron chi connectivity index (χ4n) is 4.43. The second kappa shape index (κ2) is 15.4. The average molecular weight is 591 g/mol. The molecule has 8 N–H and O–H groups in total. The van der Waals surface area contributed by atoms with Crippen molar-refractivity contribution in [1.82, 2.24) is 16.0 Å². The van der Waals surface area contributed by atoms with Crippen LogP contribution in [0.1, 0.15) is 30.5 Å². The SMILES string of the molecule is CC(C)C(NC(=O)C(Cc1ccc(O)cc1)NC(=O)C(Cc1ccccc1)NC(=O)C(N)Cc1ccc(O)cc1)C(=O)O. The normalized spacial score (nSPS) is 13.8. The van der Waals surface area contributed by atoms with Crippen molar-refractivity contribution < 1.29 is 34.5 Å². The molecule has 0 aromatic heterocycles. The minimum absolute atomic E-state index is 0.00530. The molecule has 4 unspecified atom stereocenters. The zero-order valence-corrected chi connectivity index (χ0v) is 24.1. The van der Waals surface area contributed by atoms with E-state index in [1.165, 1.54) is 24.3 Å². The van der Waals surface area contributed by atoms with Crippen LogP contribution >= 0.6 is 0 Å². The molecule has 0 spiro atoms. The first-order valence-corrected chi connectivity index (χ1v) is 13.9. The highest BCUT2D eigenvalue weighted by atomic mass is 16.4. The Kier molecular flexibility index (Phi) is 11.7. The van der Waals surface area contributed by atoms with E-state index in [0.717, 1.165) is 5.56 Å². The van der Waals surface area contributed by atoms with Gasteiger partial charge in [-0.25, -0.2) is 4.79 Å². The molecular formula is C32H38N4O7. The molecule has 228 valence electrons. The molecule has 3 amide bonds. The molecule has 43 heavy (non-hydrogen) atoms. The van der Waals surface area contributed by atoms with Crippen molar-refractivity contribution in [3.63, 3.8) is 0 Å². The Labute approximate surface area is 250 Å². The van der Waals surface area contributed by atoms with E-state index in [0.29, 0.717) is 11.1 Å². The van der Waals surface area contributed by atoms with Crippen LogP contribution in [0.25, 0.3) is 0 Å². The van der Waals surface area contributed by atoms with Gasteiger partial charge in [0.05, 0.1) is 6.04 Å². The first-order valence-electron chi connectivity index (χ1n) is 13.9. The molecular weight excluding hydrogens is 552 g/mol. The number of hydrogen-bond donors (Lipinski definition) is 7. The molecule has 0 aliphatic carbocycles. The van der Waals surface area contributed by atoms with Crippen molar-refractivity contribution in [2.24, 2.45) is 11.7 Å². The summed E-state index contributed by atoms with van der Waals surface area (Å²) in [5.41, 5.74) is 8.23. The molecule has 0 heterocycles. The van der Waals surface area contributed by atoms with Gasteiger partial charge in [0, 0.05) is 12.8 Å². The minimum atomic E-state index is -1.21. The number of hydrogen-bond acceptors (Lipinski definition) is 7. The van der Waals surface area contributed by atoms with Crippen molar-refractivity contribution >= 4 is 23.7 Å². The second-order valence-electron chi connectivity index (χ2n) is 10.7. The Morgan fingerprint density at radius 3 is 1.51 bits per heavy atom. The number of nitrogens with one attached hydrogen (secondary N) is 3. The lowest BCUT2D eigenvalue weighted by Gasteiger charge is -2.26. The fraction of sp³-hybridized carbons (Fsp3) is 0.312. The van der Waals surface area contributed by atoms with E-state index in [4.69, 9.17) is 5.73 Å². The summed E-state index contributed by atoms with van der Waals surface area (Å²) in [6.07, 6.45) is 0.250. The zero-order chi connectivity index (χ0) is 31.5. The van der Waals surface area contributed by atoms with Crippen LogP contribution in [-0.4, -0.2) is 63.2 Å². The van der Waals surface area contributed by atoms with Gasteiger partial charge in [0.15, 0.2) is 0 Å². The number of phenolic OH excluding ortho intramolecular Hbond substituents is 2. The van der Waals surface area contributed by atoms with E-state index in [-0.39, 0.29) is 30.8 Å². The van der Waals surface area contributed by atoms with E-state index in [9.17, 15) is 34.5 Å². The Bertz CT molecular complexity index is 1380. The maximum atomic E-state index is 13.7. The molecule has 3 aromatic rings. The molecule has 0 fully saturated rings. The van der Waals surface area contributed by atoms with Gasteiger partial charge in [0.2, 0.25) is 17.7 Å². The third-order valence-corrected chi connectivity index (χ3v) is 6.88. The van der Waals surface area contributed by atoms with Crippen LogP contribution in [0.4, 0.5) is 0 Å². The lowest BCUT2D eigenvalue weighted by Crippen LogP contribution is -2.58. The molecule has 0 aliphatic rings. The number of carboxylic acids is 1. The van der Waals surface area contributed by atoms with Crippen molar-refractivity contribution in [2.75, 3.05) is 0 Å². The summed E-state index contributed by atoms with van der Waals surface area (Å²) < 4.78 is 0. The highest BCUT2D eigenvalue weighted by Gasteiger charge is 2.31. The van der Waals surface area contributed by atoms with Crippen LogP contribution in [0.15, 0.2) is 78.9 Å². The fourth-order valence-corrected chi connectivity index (χ4v) is 4.43. The second-order valence-corrected chi connectivity index (χ2v) is 10.7. The highest BCUT2D eigenvalue weighted by Crippen LogP contribution is 2.14. The average Bonchev–Trinajstić information content (AvgIpc) is 2.97. The molecule has 4 atom stereocenters. The lowest BCUT2D eigenvalue weighted by molar-refractivity contribution is -0.143. The third-order valence-electron chi connectivity index (χ3n) is 6.88. The Balaban J connectivity index is 1.83. The van der Waals surface area contributed by atoms with Crippen LogP contribution in [-0.2, 0) is 38.4 Å². The van der Waals surface area contributed by atoms with E-state index >= 15 is 0 Å². The van der Waals surface area contributed by atoms with Gasteiger partial charge in [-0.15, -0.1) is 0 Å². The van der Waals surface area contributed by atoms with Crippen molar-refractivity contribution in [2.45, 2.75) is 57.3 Å². The summed E-state index contributed by atoms with van der Waals surface area (Å²) in [5, 5.41) is 36.7.